The summed E-state index contributed by atoms with van der Waals surface area (Å²) in [5, 5.41) is 2.29. The Morgan fingerprint density at radius 1 is 1.91 bits per heavy atom. The third-order valence-corrected chi connectivity index (χ3v) is 1.40. The first-order valence-electron chi connectivity index (χ1n) is 3.26. The predicted octanol–water partition coefficient (Wildman–Crippen LogP) is 0.542. The van der Waals surface area contributed by atoms with Crippen LogP contribution in [0.1, 0.15) is 0 Å². The van der Waals surface area contributed by atoms with E-state index in [0.29, 0.717) is 13.1 Å². The second-order valence-corrected chi connectivity index (χ2v) is 2.46. The van der Waals surface area contributed by atoms with Gasteiger partial charge in [0.15, 0.2) is 0 Å². The molecule has 0 aliphatic rings. The zero-order valence-electron chi connectivity index (χ0n) is 6.47. The van der Waals surface area contributed by atoms with Crippen LogP contribution in [0.5, 0.6) is 0 Å². The summed E-state index contributed by atoms with van der Waals surface area (Å²) in [6, 6.07) is 0. The maximum Gasteiger partial charge on any atom is 0.325 e. The smallest absolute Gasteiger partial charge is 0.325 e. The second-order valence-electron chi connectivity index (χ2n) is 1.94. The van der Waals surface area contributed by atoms with Gasteiger partial charge in [-0.15, -0.1) is 18.2 Å². The van der Waals surface area contributed by atoms with Gasteiger partial charge in [-0.2, -0.15) is 0 Å². The van der Waals surface area contributed by atoms with Crippen molar-refractivity contribution in [2.75, 3.05) is 20.2 Å². The van der Waals surface area contributed by atoms with E-state index in [1.807, 2.05) is 0 Å². The lowest BCUT2D eigenvalue weighted by molar-refractivity contribution is -0.140. The molecule has 1 N–H and O–H groups in total. The average molecular weight is 178 g/mol. The van der Waals surface area contributed by atoms with Gasteiger partial charge in [0.25, 0.3) is 0 Å². The highest BCUT2D eigenvalue weighted by molar-refractivity contribution is 6.30. The molecule has 0 fully saturated rings. The van der Waals surface area contributed by atoms with Crippen molar-refractivity contribution in [1.29, 1.82) is 0 Å². The van der Waals surface area contributed by atoms with Crippen LogP contribution in [-0.4, -0.2) is 31.5 Å². The van der Waals surface area contributed by atoms with E-state index < -0.39 is 11.3 Å². The lowest BCUT2D eigenvalue weighted by Crippen LogP contribution is -2.30. The molecule has 0 bridgehead atoms. The summed E-state index contributed by atoms with van der Waals surface area (Å²) in [5.41, 5.74) is 0. The number of hydrogen-bond acceptors (Lipinski definition) is 3. The van der Waals surface area contributed by atoms with Crippen LogP contribution in [0.3, 0.4) is 0 Å². The molecular formula is C7H12ClNO2. The summed E-state index contributed by atoms with van der Waals surface area (Å²) < 4.78 is 4.41. The van der Waals surface area contributed by atoms with Crippen molar-refractivity contribution in [3.8, 4) is 0 Å². The number of ether oxygens (including phenoxy) is 1. The number of esters is 1. The topological polar surface area (TPSA) is 38.3 Å². The van der Waals surface area contributed by atoms with Gasteiger partial charge in [-0.25, -0.2) is 0 Å². The van der Waals surface area contributed by atoms with Crippen molar-refractivity contribution in [3.63, 3.8) is 0 Å². The molecule has 0 aliphatic heterocycles. The summed E-state index contributed by atoms with van der Waals surface area (Å²) in [4.78, 5) is 10.7. The van der Waals surface area contributed by atoms with Crippen LogP contribution in [0, 0.1) is 0 Å². The molecule has 1 unspecified atom stereocenters. The van der Waals surface area contributed by atoms with Crippen LogP contribution < -0.4 is 5.32 Å². The van der Waals surface area contributed by atoms with Gasteiger partial charge in [0.05, 0.1) is 7.11 Å². The monoisotopic (exact) mass is 177 g/mol. The first-order valence-corrected chi connectivity index (χ1v) is 3.69. The Morgan fingerprint density at radius 3 is 3.00 bits per heavy atom. The number of hydrogen-bond donors (Lipinski definition) is 1. The lowest BCUT2D eigenvalue weighted by Gasteiger charge is -2.06. The Bertz CT molecular complexity index is 138. The molecule has 0 saturated heterocycles. The fourth-order valence-electron chi connectivity index (χ4n) is 0.523. The van der Waals surface area contributed by atoms with Gasteiger partial charge in [-0.05, 0) is 0 Å². The van der Waals surface area contributed by atoms with E-state index in [4.69, 9.17) is 11.6 Å². The molecule has 0 aliphatic carbocycles. The number of alkyl halides is 1. The molecule has 64 valence electrons. The Hall–Kier alpha value is -0.540. The zero-order valence-corrected chi connectivity index (χ0v) is 7.23. The number of carbonyl (C=O) groups is 1. The molecule has 0 saturated carbocycles. The van der Waals surface area contributed by atoms with Crippen molar-refractivity contribution in [3.05, 3.63) is 12.7 Å². The van der Waals surface area contributed by atoms with Gasteiger partial charge in [0.1, 0.15) is 5.38 Å². The molecule has 3 nitrogen and oxygen atoms in total. The third-order valence-electron chi connectivity index (χ3n) is 1.07. The van der Waals surface area contributed by atoms with Crippen LogP contribution in [0.2, 0.25) is 0 Å². The molecule has 0 spiro atoms. The van der Waals surface area contributed by atoms with E-state index in [0.717, 1.165) is 0 Å². The fraction of sp³-hybridized carbons (Fsp3) is 0.571. The van der Waals surface area contributed by atoms with E-state index in [2.05, 4.69) is 16.6 Å². The van der Waals surface area contributed by atoms with Crippen molar-refractivity contribution < 1.29 is 9.53 Å². The Kier molecular flexibility index (Phi) is 5.88. The number of methoxy groups -OCH3 is 1. The minimum atomic E-state index is -0.611. The van der Waals surface area contributed by atoms with Crippen molar-refractivity contribution in [1.82, 2.24) is 5.32 Å². The highest BCUT2D eigenvalue weighted by Gasteiger charge is 2.13. The first kappa shape index (κ1) is 10.5. The van der Waals surface area contributed by atoms with Crippen LogP contribution >= 0.6 is 11.6 Å². The quantitative estimate of drug-likeness (QED) is 0.288. The molecular weight excluding hydrogens is 166 g/mol. The van der Waals surface area contributed by atoms with E-state index in [1.165, 1.54) is 7.11 Å². The molecule has 11 heavy (non-hydrogen) atoms. The number of nitrogens with one attached hydrogen (secondary N) is 1. The molecule has 1 atom stereocenters. The largest absolute Gasteiger partial charge is 0.468 e. The first-order chi connectivity index (χ1) is 5.22. The van der Waals surface area contributed by atoms with Crippen molar-refractivity contribution >= 4 is 17.6 Å². The maximum absolute atomic E-state index is 10.7. The van der Waals surface area contributed by atoms with Crippen LogP contribution in [0.15, 0.2) is 12.7 Å². The number of carbonyl (C=O) groups excluding carboxylic acids is 1. The summed E-state index contributed by atoms with van der Waals surface area (Å²) in [6.45, 7) is 4.54. The molecule has 4 heteroatoms. The standard InChI is InChI=1S/C7H12ClNO2/c1-3-4-9-5-6(8)7(10)11-2/h3,6,9H,1,4-5H2,2H3. The van der Waals surface area contributed by atoms with Gasteiger partial charge in [-0.1, -0.05) is 6.08 Å². The minimum Gasteiger partial charge on any atom is -0.468 e. The van der Waals surface area contributed by atoms with E-state index >= 15 is 0 Å². The predicted molar refractivity (Wildman–Crippen MR) is 44.7 cm³/mol. The van der Waals surface area contributed by atoms with Crippen molar-refractivity contribution in [2.45, 2.75) is 5.38 Å². The molecule has 0 radical (unpaired) electrons. The number of halogens is 1. The summed E-state index contributed by atoms with van der Waals surface area (Å²) in [6.07, 6.45) is 1.70. The van der Waals surface area contributed by atoms with Crippen molar-refractivity contribution in [2.24, 2.45) is 0 Å². The van der Waals surface area contributed by atoms with Crippen LogP contribution in [0.4, 0.5) is 0 Å². The van der Waals surface area contributed by atoms with Crippen LogP contribution in [-0.2, 0) is 9.53 Å². The van der Waals surface area contributed by atoms with E-state index in [9.17, 15) is 4.79 Å². The second kappa shape index (κ2) is 6.19. The Balaban J connectivity index is 3.43. The zero-order chi connectivity index (χ0) is 8.69. The molecule has 0 rings (SSSR count). The molecule has 0 heterocycles. The van der Waals surface area contributed by atoms with Crippen LogP contribution in [0.25, 0.3) is 0 Å². The molecule has 0 aromatic carbocycles. The van der Waals surface area contributed by atoms with Gasteiger partial charge in [0, 0.05) is 13.1 Å². The maximum atomic E-state index is 10.7. The van der Waals surface area contributed by atoms with Gasteiger partial charge in [-0.3, -0.25) is 4.79 Å². The lowest BCUT2D eigenvalue weighted by atomic mass is 10.4. The molecule has 0 aromatic rings. The Labute approximate surface area is 71.4 Å². The van der Waals surface area contributed by atoms with Gasteiger partial charge >= 0.3 is 5.97 Å². The van der Waals surface area contributed by atoms with E-state index in [1.54, 1.807) is 6.08 Å². The average Bonchev–Trinajstić information content (AvgIpc) is 2.03. The highest BCUT2D eigenvalue weighted by atomic mass is 35.5. The van der Waals surface area contributed by atoms with E-state index in [-0.39, 0.29) is 0 Å². The minimum absolute atomic E-state index is 0.403. The summed E-state index contributed by atoms with van der Waals surface area (Å²) >= 11 is 5.60. The van der Waals surface area contributed by atoms with Gasteiger partial charge < -0.3 is 10.1 Å². The SMILES string of the molecule is C=CCNCC(Cl)C(=O)OC. The van der Waals surface area contributed by atoms with Gasteiger partial charge in [0.2, 0.25) is 0 Å². The Morgan fingerprint density at radius 2 is 2.55 bits per heavy atom. The summed E-state index contributed by atoms with van der Waals surface area (Å²) in [5.74, 6) is -0.414. The molecule has 0 aromatic heterocycles. The highest BCUT2D eigenvalue weighted by Crippen LogP contribution is 1.95. The summed E-state index contributed by atoms with van der Waals surface area (Å²) in [7, 11) is 1.31. The normalized spacial score (nSPS) is 12.2. The third kappa shape index (κ3) is 4.81. The fourth-order valence-corrected chi connectivity index (χ4v) is 0.722. The molecule has 0 amide bonds. The number of rotatable bonds is 5.